The maximum atomic E-state index is 8.63. The zero-order valence-corrected chi connectivity index (χ0v) is 10.5. The zero-order valence-electron chi connectivity index (χ0n) is 10.5. The molecule has 0 aromatic rings. The van der Waals surface area contributed by atoms with Crippen molar-refractivity contribution < 1.29 is 0 Å². The second-order valence-electron chi connectivity index (χ2n) is 5.94. The number of hydrogen-bond acceptors (Lipinski definition) is 1. The highest BCUT2D eigenvalue weighted by Gasteiger charge is 2.41. The van der Waals surface area contributed by atoms with Gasteiger partial charge in [-0.1, -0.05) is 39.2 Å². The van der Waals surface area contributed by atoms with Gasteiger partial charge in [0.2, 0.25) is 0 Å². The molecule has 1 aliphatic carbocycles. The molecular formula is C12H23N3. The summed E-state index contributed by atoms with van der Waals surface area (Å²) in [5, 5.41) is 4.02. The molecule has 0 aliphatic heterocycles. The third kappa shape index (κ3) is 3.13. The van der Waals surface area contributed by atoms with E-state index in [1.165, 1.54) is 19.3 Å². The molecule has 0 aromatic carbocycles. The first-order chi connectivity index (χ1) is 6.93. The van der Waals surface area contributed by atoms with Gasteiger partial charge in [0.15, 0.2) is 0 Å². The van der Waals surface area contributed by atoms with Crippen LogP contribution in [0.3, 0.4) is 0 Å². The van der Waals surface area contributed by atoms with E-state index < -0.39 is 0 Å². The van der Waals surface area contributed by atoms with E-state index in [0.29, 0.717) is 11.3 Å². The molecule has 0 radical (unpaired) electrons. The first-order valence-electron chi connectivity index (χ1n) is 5.99. The van der Waals surface area contributed by atoms with Gasteiger partial charge in [-0.25, -0.2) is 0 Å². The number of hydrogen-bond donors (Lipinski definition) is 0. The van der Waals surface area contributed by atoms with Crippen LogP contribution in [-0.4, -0.2) is 5.54 Å². The first kappa shape index (κ1) is 12.4. The Morgan fingerprint density at radius 1 is 1.40 bits per heavy atom. The van der Waals surface area contributed by atoms with Crippen molar-refractivity contribution in [3.63, 3.8) is 0 Å². The Bertz CT molecular complexity index is 270. The van der Waals surface area contributed by atoms with Crippen LogP contribution in [0.2, 0.25) is 0 Å². The predicted molar refractivity (Wildman–Crippen MR) is 63.6 cm³/mol. The van der Waals surface area contributed by atoms with Crippen molar-refractivity contribution in [1.82, 2.24) is 0 Å². The van der Waals surface area contributed by atoms with Crippen LogP contribution >= 0.6 is 0 Å². The van der Waals surface area contributed by atoms with E-state index in [1.807, 2.05) is 0 Å². The monoisotopic (exact) mass is 209 g/mol. The SMILES string of the molecule is CCC[C@@]1(C)C[C@H](C)C[C@](C)(N=[N+]=[N-])C1. The fraction of sp³-hybridized carbons (Fsp3) is 1.00. The molecule has 1 saturated carbocycles. The summed E-state index contributed by atoms with van der Waals surface area (Å²) in [5.74, 6) is 0.672. The van der Waals surface area contributed by atoms with Gasteiger partial charge in [0, 0.05) is 10.5 Å². The third-order valence-corrected chi connectivity index (χ3v) is 3.58. The van der Waals surface area contributed by atoms with Crippen LogP contribution in [0.15, 0.2) is 5.11 Å². The highest BCUT2D eigenvalue weighted by molar-refractivity contribution is 4.97. The molecule has 3 nitrogen and oxygen atoms in total. The van der Waals surface area contributed by atoms with Crippen molar-refractivity contribution in [3.8, 4) is 0 Å². The predicted octanol–water partition coefficient (Wildman–Crippen LogP) is 4.68. The summed E-state index contributed by atoms with van der Waals surface area (Å²) in [6.45, 7) is 8.96. The normalized spacial score (nSPS) is 40.9. The third-order valence-electron chi connectivity index (χ3n) is 3.58. The topological polar surface area (TPSA) is 48.8 Å². The zero-order chi connectivity index (χ0) is 11.5. The highest BCUT2D eigenvalue weighted by atomic mass is 15.2. The fourth-order valence-electron chi connectivity index (χ4n) is 3.71. The van der Waals surface area contributed by atoms with E-state index >= 15 is 0 Å². The van der Waals surface area contributed by atoms with Crippen LogP contribution in [0, 0.1) is 11.3 Å². The van der Waals surface area contributed by atoms with Crippen LogP contribution < -0.4 is 0 Å². The summed E-state index contributed by atoms with van der Waals surface area (Å²) >= 11 is 0. The molecule has 3 atom stereocenters. The molecule has 0 amide bonds. The van der Waals surface area contributed by atoms with Crippen molar-refractivity contribution in [3.05, 3.63) is 10.4 Å². The van der Waals surface area contributed by atoms with Crippen LogP contribution in [0.25, 0.3) is 10.4 Å². The summed E-state index contributed by atoms with van der Waals surface area (Å²) < 4.78 is 0. The Morgan fingerprint density at radius 3 is 2.60 bits per heavy atom. The van der Waals surface area contributed by atoms with Gasteiger partial charge in [-0.15, -0.1) is 0 Å². The summed E-state index contributed by atoms with van der Waals surface area (Å²) in [6, 6.07) is 0. The number of nitrogens with zero attached hydrogens (tertiary/aromatic N) is 3. The largest absolute Gasteiger partial charge is 0.0875 e. The Morgan fingerprint density at radius 2 is 2.07 bits per heavy atom. The Labute approximate surface area is 92.9 Å². The average Bonchev–Trinajstić information content (AvgIpc) is 1.99. The van der Waals surface area contributed by atoms with Crippen molar-refractivity contribution >= 4 is 0 Å². The highest BCUT2D eigenvalue weighted by Crippen LogP contribution is 2.48. The lowest BCUT2D eigenvalue weighted by atomic mass is 9.63. The summed E-state index contributed by atoms with van der Waals surface area (Å²) in [5.41, 5.74) is 8.84. The minimum atomic E-state index is -0.156. The van der Waals surface area contributed by atoms with E-state index in [4.69, 9.17) is 5.53 Å². The molecule has 0 N–H and O–H groups in total. The van der Waals surface area contributed by atoms with Gasteiger partial charge < -0.3 is 0 Å². The lowest BCUT2D eigenvalue weighted by Crippen LogP contribution is -2.39. The summed E-state index contributed by atoms with van der Waals surface area (Å²) in [4.78, 5) is 3.02. The Kier molecular flexibility index (Phi) is 3.67. The minimum Gasteiger partial charge on any atom is -0.0875 e. The van der Waals surface area contributed by atoms with E-state index in [1.54, 1.807) is 0 Å². The molecule has 0 saturated heterocycles. The van der Waals surface area contributed by atoms with Gasteiger partial charge in [-0.05, 0) is 42.5 Å². The second-order valence-corrected chi connectivity index (χ2v) is 5.94. The molecule has 1 aliphatic rings. The first-order valence-corrected chi connectivity index (χ1v) is 5.99. The van der Waals surface area contributed by atoms with E-state index in [0.717, 1.165) is 12.8 Å². The van der Waals surface area contributed by atoms with Crippen LogP contribution in [-0.2, 0) is 0 Å². The molecule has 15 heavy (non-hydrogen) atoms. The lowest BCUT2D eigenvalue weighted by Gasteiger charge is -2.45. The van der Waals surface area contributed by atoms with Gasteiger partial charge in [0.25, 0.3) is 0 Å². The summed E-state index contributed by atoms with van der Waals surface area (Å²) in [7, 11) is 0. The standard InChI is InChI=1S/C12H23N3/c1-5-6-11(3)7-10(2)8-12(4,9-11)14-15-13/h10H,5-9H2,1-4H3/t10-,11-,12-/m0/s1. The molecule has 0 unspecified atom stereocenters. The molecule has 0 aromatic heterocycles. The van der Waals surface area contributed by atoms with E-state index in [9.17, 15) is 0 Å². The molecule has 1 rings (SSSR count). The van der Waals surface area contributed by atoms with Crippen molar-refractivity contribution in [2.24, 2.45) is 16.4 Å². The number of rotatable bonds is 3. The van der Waals surface area contributed by atoms with Crippen LogP contribution in [0.4, 0.5) is 0 Å². The maximum absolute atomic E-state index is 8.63. The van der Waals surface area contributed by atoms with E-state index in [-0.39, 0.29) is 5.54 Å². The lowest BCUT2D eigenvalue weighted by molar-refractivity contribution is 0.0929. The van der Waals surface area contributed by atoms with Crippen molar-refractivity contribution in [1.29, 1.82) is 0 Å². The van der Waals surface area contributed by atoms with Crippen molar-refractivity contribution in [2.75, 3.05) is 0 Å². The Balaban J connectivity index is 2.83. The molecule has 0 heterocycles. The second kappa shape index (κ2) is 4.44. The molecule has 86 valence electrons. The van der Waals surface area contributed by atoms with Crippen LogP contribution in [0.1, 0.15) is 59.8 Å². The quantitative estimate of drug-likeness (QED) is 0.368. The van der Waals surface area contributed by atoms with Crippen molar-refractivity contribution in [2.45, 2.75) is 65.3 Å². The molecule has 3 heteroatoms. The average molecular weight is 209 g/mol. The van der Waals surface area contributed by atoms with Gasteiger partial charge in [0.1, 0.15) is 0 Å². The fourth-order valence-corrected chi connectivity index (χ4v) is 3.71. The minimum absolute atomic E-state index is 0.156. The Hall–Kier alpha value is -0.690. The molecule has 0 bridgehead atoms. The van der Waals surface area contributed by atoms with E-state index in [2.05, 4.69) is 37.7 Å². The smallest absolute Gasteiger partial charge is 0.0467 e. The molecular weight excluding hydrogens is 186 g/mol. The van der Waals surface area contributed by atoms with Gasteiger partial charge in [-0.2, -0.15) is 0 Å². The van der Waals surface area contributed by atoms with Crippen LogP contribution in [0.5, 0.6) is 0 Å². The van der Waals surface area contributed by atoms with Gasteiger partial charge >= 0.3 is 0 Å². The van der Waals surface area contributed by atoms with Gasteiger partial charge in [0.05, 0.1) is 0 Å². The number of azide groups is 1. The maximum Gasteiger partial charge on any atom is 0.0467 e. The van der Waals surface area contributed by atoms with Gasteiger partial charge in [-0.3, -0.25) is 0 Å². The molecule has 1 fully saturated rings. The molecule has 0 spiro atoms. The summed E-state index contributed by atoms with van der Waals surface area (Å²) in [6.07, 6.45) is 5.82.